The van der Waals surface area contributed by atoms with Crippen molar-refractivity contribution in [1.82, 2.24) is 10.0 Å². The molecule has 2 aromatic carbocycles. The van der Waals surface area contributed by atoms with E-state index in [1.807, 2.05) is 12.1 Å². The summed E-state index contributed by atoms with van der Waals surface area (Å²) in [5.74, 6) is -0.161. The van der Waals surface area contributed by atoms with Crippen LogP contribution in [0.25, 0.3) is 6.08 Å². The number of amides is 1. The van der Waals surface area contributed by atoms with Gasteiger partial charge in [-0.2, -0.15) is 0 Å². The van der Waals surface area contributed by atoms with Crippen molar-refractivity contribution in [3.05, 3.63) is 71.3 Å². The molecule has 0 unspecified atom stereocenters. The molecule has 148 valence electrons. The maximum Gasteiger partial charge on any atom is 0.244 e. The van der Waals surface area contributed by atoms with Gasteiger partial charge >= 0.3 is 0 Å². The summed E-state index contributed by atoms with van der Waals surface area (Å²) < 4.78 is 25.8. The van der Waals surface area contributed by atoms with Crippen LogP contribution in [0.3, 0.4) is 0 Å². The molecule has 2 N–H and O–H groups in total. The van der Waals surface area contributed by atoms with E-state index < -0.39 is 10.0 Å². The summed E-state index contributed by atoms with van der Waals surface area (Å²) in [5.41, 5.74) is 3.35. The molecule has 0 radical (unpaired) electrons. The topological polar surface area (TPSA) is 75.3 Å². The molecule has 6 heteroatoms. The third-order valence-corrected chi connectivity index (χ3v) is 6.76. The fraction of sp³-hybridized carbons (Fsp3) is 0.318. The predicted octanol–water partition coefficient (Wildman–Crippen LogP) is 3.54. The molecule has 0 heterocycles. The lowest BCUT2D eigenvalue weighted by Crippen LogP contribution is -2.34. The molecule has 0 bridgehead atoms. The van der Waals surface area contributed by atoms with Gasteiger partial charge in [-0.1, -0.05) is 50.2 Å². The van der Waals surface area contributed by atoms with E-state index in [-0.39, 0.29) is 22.3 Å². The summed E-state index contributed by atoms with van der Waals surface area (Å²) >= 11 is 0. The first-order chi connectivity index (χ1) is 13.2. The van der Waals surface area contributed by atoms with Crippen LogP contribution in [0.2, 0.25) is 0 Å². The van der Waals surface area contributed by atoms with Gasteiger partial charge in [0.25, 0.3) is 0 Å². The highest BCUT2D eigenvalue weighted by Crippen LogP contribution is 2.41. The van der Waals surface area contributed by atoms with Crippen molar-refractivity contribution in [2.45, 2.75) is 43.0 Å². The first-order valence-electron chi connectivity index (χ1n) is 9.34. The van der Waals surface area contributed by atoms with E-state index in [4.69, 9.17) is 0 Å². The number of sulfonamides is 1. The lowest BCUT2D eigenvalue weighted by molar-refractivity contribution is -0.117. The fourth-order valence-corrected chi connectivity index (χ4v) is 4.36. The largest absolute Gasteiger partial charge is 0.346 e. The van der Waals surface area contributed by atoms with Crippen molar-refractivity contribution in [2.24, 2.45) is 0 Å². The van der Waals surface area contributed by atoms with Crippen molar-refractivity contribution in [3.8, 4) is 0 Å². The zero-order valence-corrected chi connectivity index (χ0v) is 17.2. The van der Waals surface area contributed by atoms with Gasteiger partial charge in [-0.25, -0.2) is 13.1 Å². The Morgan fingerprint density at radius 3 is 2.46 bits per heavy atom. The molecule has 0 aromatic heterocycles. The Labute approximate surface area is 166 Å². The molecule has 28 heavy (non-hydrogen) atoms. The van der Waals surface area contributed by atoms with E-state index in [9.17, 15) is 13.2 Å². The van der Waals surface area contributed by atoms with Crippen LogP contribution < -0.4 is 10.0 Å². The minimum absolute atomic E-state index is 0.00419. The van der Waals surface area contributed by atoms with Gasteiger partial charge in [-0.05, 0) is 60.2 Å². The summed E-state index contributed by atoms with van der Waals surface area (Å²) in [6.07, 6.45) is 5.09. The average Bonchev–Trinajstić information content (AvgIpc) is 2.69. The van der Waals surface area contributed by atoms with Gasteiger partial charge in [-0.15, -0.1) is 0 Å². The van der Waals surface area contributed by atoms with Crippen LogP contribution in [0.5, 0.6) is 0 Å². The van der Waals surface area contributed by atoms with E-state index in [0.29, 0.717) is 0 Å². The molecule has 1 aliphatic rings. The Bertz CT molecular complexity index is 993. The number of fused-ring (bicyclic) bond motifs is 1. The highest BCUT2D eigenvalue weighted by molar-refractivity contribution is 7.89. The second-order valence-electron chi connectivity index (χ2n) is 7.68. The summed E-state index contributed by atoms with van der Waals surface area (Å²) in [6, 6.07) is 14.7. The van der Waals surface area contributed by atoms with Crippen LogP contribution in [-0.2, 0) is 20.2 Å². The summed E-state index contributed by atoms with van der Waals surface area (Å²) in [5, 5.41) is 3.10. The molecular formula is C22H26N2O3S. The van der Waals surface area contributed by atoms with E-state index in [1.165, 1.54) is 36.4 Å². The van der Waals surface area contributed by atoms with Gasteiger partial charge in [0.15, 0.2) is 0 Å². The molecule has 0 aliphatic heterocycles. The van der Waals surface area contributed by atoms with Crippen LogP contribution in [0.1, 0.15) is 49.4 Å². The number of nitrogens with one attached hydrogen (secondary N) is 2. The van der Waals surface area contributed by atoms with E-state index in [1.54, 1.807) is 18.2 Å². The van der Waals surface area contributed by atoms with Gasteiger partial charge in [0, 0.05) is 6.08 Å². The van der Waals surface area contributed by atoms with Crippen molar-refractivity contribution in [1.29, 1.82) is 0 Å². The molecule has 5 nitrogen and oxygen atoms in total. The Hall–Kier alpha value is -2.44. The SMILES string of the molecule is CNS(=O)(=O)c1ccc(/C=C\C(=O)N[C@@H]2CCC(C)(C)c3ccccc32)cc1. The second-order valence-corrected chi connectivity index (χ2v) is 9.57. The molecule has 3 rings (SSSR count). The molecule has 1 aliphatic carbocycles. The molecule has 2 aromatic rings. The smallest absolute Gasteiger partial charge is 0.244 e. The van der Waals surface area contributed by atoms with E-state index in [0.717, 1.165) is 18.4 Å². The third kappa shape index (κ3) is 4.34. The number of hydrogen-bond donors (Lipinski definition) is 2. The number of carbonyl (C=O) groups excluding carboxylic acids is 1. The normalized spacial score (nSPS) is 18.6. The van der Waals surface area contributed by atoms with Gasteiger partial charge in [0.2, 0.25) is 15.9 Å². The maximum absolute atomic E-state index is 12.4. The number of carbonyl (C=O) groups is 1. The molecule has 1 atom stereocenters. The van der Waals surface area contributed by atoms with Gasteiger partial charge in [0.1, 0.15) is 0 Å². The van der Waals surface area contributed by atoms with Crippen molar-refractivity contribution >= 4 is 22.0 Å². The molecule has 0 saturated carbocycles. The average molecular weight is 399 g/mol. The zero-order valence-electron chi connectivity index (χ0n) is 16.4. The predicted molar refractivity (Wildman–Crippen MR) is 111 cm³/mol. The van der Waals surface area contributed by atoms with Crippen LogP contribution in [-0.4, -0.2) is 21.4 Å². The van der Waals surface area contributed by atoms with Crippen LogP contribution >= 0.6 is 0 Å². The standard InChI is InChI=1S/C22H26N2O3S/c1-22(2)15-14-20(18-6-4-5-7-19(18)22)24-21(25)13-10-16-8-11-17(12-9-16)28(26,27)23-3/h4-13,20,23H,14-15H2,1-3H3,(H,24,25)/b13-10-/t20-/m1/s1. The number of rotatable bonds is 5. The number of benzene rings is 2. The van der Waals surface area contributed by atoms with Crippen molar-refractivity contribution < 1.29 is 13.2 Å². The highest BCUT2D eigenvalue weighted by Gasteiger charge is 2.32. The number of hydrogen-bond acceptors (Lipinski definition) is 3. The van der Waals surface area contributed by atoms with E-state index in [2.05, 4.69) is 36.0 Å². The van der Waals surface area contributed by atoms with Crippen LogP contribution in [0, 0.1) is 0 Å². The Morgan fingerprint density at radius 2 is 1.79 bits per heavy atom. The van der Waals surface area contributed by atoms with Gasteiger partial charge in [-0.3, -0.25) is 4.79 Å². The summed E-state index contributed by atoms with van der Waals surface area (Å²) in [7, 11) is -2.08. The van der Waals surface area contributed by atoms with Crippen molar-refractivity contribution in [3.63, 3.8) is 0 Å². The van der Waals surface area contributed by atoms with E-state index >= 15 is 0 Å². The summed E-state index contributed by atoms with van der Waals surface area (Å²) in [6.45, 7) is 4.48. The fourth-order valence-electron chi connectivity index (χ4n) is 3.63. The van der Waals surface area contributed by atoms with Crippen LogP contribution in [0.4, 0.5) is 0 Å². The molecule has 1 amide bonds. The highest BCUT2D eigenvalue weighted by atomic mass is 32.2. The maximum atomic E-state index is 12.4. The Morgan fingerprint density at radius 1 is 1.11 bits per heavy atom. The van der Waals surface area contributed by atoms with Crippen molar-refractivity contribution in [2.75, 3.05) is 7.05 Å². The second kappa shape index (κ2) is 7.89. The minimum Gasteiger partial charge on any atom is -0.346 e. The Kier molecular flexibility index (Phi) is 5.72. The Balaban J connectivity index is 1.69. The molecule has 0 saturated heterocycles. The first-order valence-corrected chi connectivity index (χ1v) is 10.8. The lowest BCUT2D eigenvalue weighted by Gasteiger charge is -2.37. The first kappa shape index (κ1) is 20.3. The third-order valence-electron chi connectivity index (χ3n) is 5.33. The minimum atomic E-state index is -3.46. The zero-order chi connectivity index (χ0) is 20.4. The van der Waals surface area contributed by atoms with Crippen LogP contribution in [0.15, 0.2) is 59.5 Å². The summed E-state index contributed by atoms with van der Waals surface area (Å²) in [4.78, 5) is 12.6. The lowest BCUT2D eigenvalue weighted by atomic mass is 9.71. The van der Waals surface area contributed by atoms with Gasteiger partial charge < -0.3 is 5.32 Å². The monoisotopic (exact) mass is 398 g/mol. The quantitative estimate of drug-likeness (QED) is 0.757. The molecule has 0 spiro atoms. The van der Waals surface area contributed by atoms with Gasteiger partial charge in [0.05, 0.1) is 10.9 Å². The molecule has 0 fully saturated rings. The molecular weight excluding hydrogens is 372 g/mol.